The van der Waals surface area contributed by atoms with Crippen LogP contribution in [0.2, 0.25) is 0 Å². The second kappa shape index (κ2) is 8.25. The maximum Gasteiger partial charge on any atom is 0.345 e. The summed E-state index contributed by atoms with van der Waals surface area (Å²) in [5.74, 6) is -1.67. The fourth-order valence-corrected chi connectivity index (χ4v) is 2.50. The SMILES string of the molecule is CNC(=O)c1ccc(NC(=O)COC(=O)c2cc3c(cc2[N+](=O)[O-])OCO3)cc1. The molecule has 3 rings (SSSR count). The number of rotatable bonds is 6. The third kappa shape index (κ3) is 4.40. The Kier molecular flexibility index (Phi) is 5.58. The predicted octanol–water partition coefficient (Wildman–Crippen LogP) is 1.48. The van der Waals surface area contributed by atoms with E-state index in [1.54, 1.807) is 0 Å². The average molecular weight is 401 g/mol. The second-order valence-electron chi connectivity index (χ2n) is 5.76. The van der Waals surface area contributed by atoms with E-state index in [0.717, 1.165) is 12.1 Å². The zero-order valence-electron chi connectivity index (χ0n) is 15.1. The number of anilines is 1. The van der Waals surface area contributed by atoms with Crippen LogP contribution in [0.15, 0.2) is 36.4 Å². The summed E-state index contributed by atoms with van der Waals surface area (Å²) in [6.45, 7) is -0.784. The molecule has 29 heavy (non-hydrogen) atoms. The molecule has 0 atom stereocenters. The van der Waals surface area contributed by atoms with Crippen LogP contribution in [0.5, 0.6) is 11.5 Å². The van der Waals surface area contributed by atoms with E-state index >= 15 is 0 Å². The summed E-state index contributed by atoms with van der Waals surface area (Å²) in [4.78, 5) is 46.1. The van der Waals surface area contributed by atoms with Crippen LogP contribution >= 0.6 is 0 Å². The lowest BCUT2D eigenvalue weighted by Gasteiger charge is -2.08. The van der Waals surface area contributed by atoms with Crippen LogP contribution < -0.4 is 20.1 Å². The molecule has 0 saturated heterocycles. The molecular formula is C18H15N3O8. The zero-order valence-corrected chi connectivity index (χ0v) is 15.1. The molecule has 1 aliphatic rings. The lowest BCUT2D eigenvalue weighted by atomic mass is 10.1. The van der Waals surface area contributed by atoms with Crippen LogP contribution in [0.25, 0.3) is 0 Å². The fraction of sp³-hybridized carbons (Fsp3) is 0.167. The second-order valence-corrected chi connectivity index (χ2v) is 5.76. The van der Waals surface area contributed by atoms with E-state index in [2.05, 4.69) is 10.6 Å². The first-order valence-electron chi connectivity index (χ1n) is 8.26. The zero-order chi connectivity index (χ0) is 21.0. The summed E-state index contributed by atoms with van der Waals surface area (Å²) in [5, 5.41) is 16.2. The van der Waals surface area contributed by atoms with Gasteiger partial charge in [-0.3, -0.25) is 19.7 Å². The van der Waals surface area contributed by atoms with Crippen LogP contribution in [0, 0.1) is 10.1 Å². The van der Waals surface area contributed by atoms with Gasteiger partial charge in [0, 0.05) is 24.4 Å². The van der Waals surface area contributed by atoms with Gasteiger partial charge in [0.2, 0.25) is 6.79 Å². The number of fused-ring (bicyclic) bond motifs is 1. The number of nitrogens with zero attached hydrogens (tertiary/aromatic N) is 1. The maximum atomic E-state index is 12.2. The van der Waals surface area contributed by atoms with Gasteiger partial charge in [0.15, 0.2) is 18.1 Å². The third-order valence-electron chi connectivity index (χ3n) is 3.90. The summed E-state index contributed by atoms with van der Waals surface area (Å²) in [6.07, 6.45) is 0. The highest BCUT2D eigenvalue weighted by Gasteiger charge is 2.28. The first-order chi connectivity index (χ1) is 13.9. The number of carbonyl (C=O) groups excluding carboxylic acids is 3. The average Bonchev–Trinajstić information content (AvgIpc) is 3.18. The van der Waals surface area contributed by atoms with Gasteiger partial charge in [0.1, 0.15) is 5.56 Å². The first kappa shape index (κ1) is 19.6. The number of esters is 1. The Balaban J connectivity index is 1.63. The molecule has 0 unspecified atom stereocenters. The molecule has 1 aliphatic heterocycles. The molecule has 2 aromatic rings. The summed E-state index contributed by atoms with van der Waals surface area (Å²) >= 11 is 0. The molecule has 0 saturated carbocycles. The van der Waals surface area contributed by atoms with Gasteiger partial charge in [-0.2, -0.15) is 0 Å². The molecule has 150 valence electrons. The Morgan fingerprint density at radius 3 is 2.41 bits per heavy atom. The van der Waals surface area contributed by atoms with Crippen LogP contribution in [0.4, 0.5) is 11.4 Å². The topological polar surface area (TPSA) is 146 Å². The summed E-state index contributed by atoms with van der Waals surface area (Å²) in [5.41, 5.74) is -0.0914. The minimum absolute atomic E-state index is 0.119. The fourth-order valence-electron chi connectivity index (χ4n) is 2.50. The molecule has 0 aromatic heterocycles. The standard InChI is InChI=1S/C18H15N3O8/c1-19-17(23)10-2-4-11(5-3-10)20-16(22)8-27-18(24)12-6-14-15(29-9-28-14)7-13(12)21(25)26/h2-7H,8-9H2,1H3,(H,19,23)(H,20,22). The molecule has 0 fully saturated rings. The van der Waals surface area contributed by atoms with Crippen molar-refractivity contribution in [1.82, 2.24) is 5.32 Å². The van der Waals surface area contributed by atoms with E-state index in [1.165, 1.54) is 31.3 Å². The number of carbonyl (C=O) groups is 3. The summed E-state index contributed by atoms with van der Waals surface area (Å²) in [7, 11) is 1.50. The number of nitro benzene ring substituents is 1. The van der Waals surface area contributed by atoms with E-state index in [9.17, 15) is 24.5 Å². The van der Waals surface area contributed by atoms with Crippen molar-refractivity contribution in [2.24, 2.45) is 0 Å². The van der Waals surface area contributed by atoms with E-state index in [4.69, 9.17) is 14.2 Å². The highest BCUT2D eigenvalue weighted by molar-refractivity contribution is 5.99. The molecule has 11 heteroatoms. The maximum absolute atomic E-state index is 12.2. The number of ether oxygens (including phenoxy) is 3. The predicted molar refractivity (Wildman–Crippen MR) is 98.0 cm³/mol. The molecule has 0 bridgehead atoms. The van der Waals surface area contributed by atoms with Crippen molar-refractivity contribution in [3.8, 4) is 11.5 Å². The van der Waals surface area contributed by atoms with Crippen molar-refractivity contribution in [3.63, 3.8) is 0 Å². The monoisotopic (exact) mass is 401 g/mol. The van der Waals surface area contributed by atoms with Gasteiger partial charge in [-0.15, -0.1) is 0 Å². The van der Waals surface area contributed by atoms with Crippen LogP contribution in [0.1, 0.15) is 20.7 Å². The number of amides is 2. The van der Waals surface area contributed by atoms with Crippen molar-refractivity contribution in [2.75, 3.05) is 25.8 Å². The highest BCUT2D eigenvalue weighted by Crippen LogP contribution is 2.38. The Morgan fingerprint density at radius 1 is 1.14 bits per heavy atom. The largest absolute Gasteiger partial charge is 0.454 e. The molecule has 11 nitrogen and oxygen atoms in total. The molecule has 0 radical (unpaired) electrons. The summed E-state index contributed by atoms with van der Waals surface area (Å²) < 4.78 is 15.0. The van der Waals surface area contributed by atoms with Crippen LogP contribution in [-0.4, -0.2) is 43.2 Å². The summed E-state index contributed by atoms with van der Waals surface area (Å²) in [6, 6.07) is 8.23. The number of hydrogen-bond acceptors (Lipinski definition) is 8. The van der Waals surface area contributed by atoms with Crippen molar-refractivity contribution in [3.05, 3.63) is 57.6 Å². The van der Waals surface area contributed by atoms with Gasteiger partial charge in [-0.05, 0) is 24.3 Å². The van der Waals surface area contributed by atoms with Gasteiger partial charge < -0.3 is 24.8 Å². The van der Waals surface area contributed by atoms with Crippen LogP contribution in [0.3, 0.4) is 0 Å². The van der Waals surface area contributed by atoms with Crippen molar-refractivity contribution in [1.29, 1.82) is 0 Å². The molecular weight excluding hydrogens is 386 g/mol. The molecule has 0 spiro atoms. The first-order valence-corrected chi connectivity index (χ1v) is 8.26. The molecule has 1 heterocycles. The smallest absolute Gasteiger partial charge is 0.345 e. The van der Waals surface area contributed by atoms with Gasteiger partial charge in [-0.25, -0.2) is 4.79 Å². The molecule has 2 aromatic carbocycles. The Hall–Kier alpha value is -4.15. The van der Waals surface area contributed by atoms with E-state index < -0.39 is 29.1 Å². The molecule has 0 aliphatic carbocycles. The van der Waals surface area contributed by atoms with Gasteiger partial charge in [0.25, 0.3) is 17.5 Å². The third-order valence-corrected chi connectivity index (χ3v) is 3.90. The van der Waals surface area contributed by atoms with E-state index in [1.807, 2.05) is 0 Å². The molecule has 2 N–H and O–H groups in total. The van der Waals surface area contributed by atoms with Crippen molar-refractivity contribution in [2.45, 2.75) is 0 Å². The molecule has 2 amide bonds. The normalized spacial score (nSPS) is 11.5. The quantitative estimate of drug-likeness (QED) is 0.420. The van der Waals surface area contributed by atoms with Gasteiger partial charge in [-0.1, -0.05) is 0 Å². The van der Waals surface area contributed by atoms with E-state index in [0.29, 0.717) is 11.3 Å². The van der Waals surface area contributed by atoms with Crippen LogP contribution in [-0.2, 0) is 9.53 Å². The lowest BCUT2D eigenvalue weighted by molar-refractivity contribution is -0.385. The minimum atomic E-state index is -1.06. The number of nitro groups is 1. The lowest BCUT2D eigenvalue weighted by Crippen LogP contribution is -2.21. The van der Waals surface area contributed by atoms with Crippen molar-refractivity contribution >= 4 is 29.2 Å². The van der Waals surface area contributed by atoms with Gasteiger partial charge in [0.05, 0.1) is 11.0 Å². The van der Waals surface area contributed by atoms with Gasteiger partial charge >= 0.3 is 5.97 Å². The number of nitrogens with one attached hydrogen (secondary N) is 2. The highest BCUT2D eigenvalue weighted by atomic mass is 16.7. The Labute approximate surface area is 163 Å². The Morgan fingerprint density at radius 2 is 1.79 bits per heavy atom. The minimum Gasteiger partial charge on any atom is -0.454 e. The van der Waals surface area contributed by atoms with Crippen molar-refractivity contribution < 1.29 is 33.5 Å². The Bertz CT molecular complexity index is 987. The van der Waals surface area contributed by atoms with E-state index in [-0.39, 0.29) is 29.8 Å². The number of benzene rings is 2. The number of hydrogen-bond donors (Lipinski definition) is 2.